The van der Waals surface area contributed by atoms with Crippen LogP contribution in [0.5, 0.6) is 11.5 Å². The molecule has 5 heteroatoms. The minimum atomic E-state index is -0.582. The molecule has 0 unspecified atom stereocenters. The number of rotatable bonds is 6. The molecule has 23 heavy (non-hydrogen) atoms. The van der Waals surface area contributed by atoms with Gasteiger partial charge in [-0.15, -0.1) is 0 Å². The Balaban J connectivity index is 1.99. The van der Waals surface area contributed by atoms with Crippen LogP contribution in [0.15, 0.2) is 48.5 Å². The van der Waals surface area contributed by atoms with Crippen molar-refractivity contribution >= 4 is 5.91 Å². The number of phenols is 1. The number of ether oxygens (including phenoxy) is 1. The highest BCUT2D eigenvalue weighted by molar-refractivity contribution is 5.81. The molecular weight excluding hydrogens is 292 g/mol. The fourth-order valence-corrected chi connectivity index (χ4v) is 2.41. The Bertz CT molecular complexity index is 659. The van der Waals surface area contributed by atoms with Crippen LogP contribution in [0.4, 0.5) is 0 Å². The lowest BCUT2D eigenvalue weighted by Crippen LogP contribution is -2.42. The molecule has 2 rings (SSSR count). The molecule has 0 saturated carbocycles. The number of benzene rings is 2. The van der Waals surface area contributed by atoms with Gasteiger partial charge >= 0.3 is 0 Å². The molecular formula is C18H22N2O3. The number of likely N-dealkylation sites (N-methyl/N-ethyl adjacent to an activating group) is 1. The standard InChI is InChI=1S/C18H22N2O3/c1-20(12-14-8-9-16(21)17(11-14)23-2)18(22)15(19)10-13-6-4-3-5-7-13/h3-9,11,15,21H,10,12,19H2,1-2H3/t15-/m0/s1. The third kappa shape index (κ3) is 4.47. The lowest BCUT2D eigenvalue weighted by molar-refractivity contribution is -0.131. The molecule has 0 aliphatic carbocycles. The lowest BCUT2D eigenvalue weighted by atomic mass is 10.1. The van der Waals surface area contributed by atoms with Gasteiger partial charge in [0, 0.05) is 13.6 Å². The van der Waals surface area contributed by atoms with Crippen molar-refractivity contribution in [2.24, 2.45) is 5.73 Å². The van der Waals surface area contributed by atoms with Crippen LogP contribution in [-0.2, 0) is 17.8 Å². The van der Waals surface area contributed by atoms with Crippen molar-refractivity contribution in [3.63, 3.8) is 0 Å². The molecule has 0 spiro atoms. The number of nitrogens with zero attached hydrogens (tertiary/aromatic N) is 1. The minimum absolute atomic E-state index is 0.0750. The lowest BCUT2D eigenvalue weighted by Gasteiger charge is -2.22. The summed E-state index contributed by atoms with van der Waals surface area (Å²) in [5.41, 5.74) is 7.93. The maximum atomic E-state index is 12.4. The van der Waals surface area contributed by atoms with Crippen molar-refractivity contribution < 1.29 is 14.6 Å². The summed E-state index contributed by atoms with van der Waals surface area (Å²) >= 11 is 0. The van der Waals surface area contributed by atoms with Gasteiger partial charge in [0.15, 0.2) is 11.5 Å². The fourth-order valence-electron chi connectivity index (χ4n) is 2.41. The molecule has 0 radical (unpaired) electrons. The van der Waals surface area contributed by atoms with Crippen molar-refractivity contribution in [2.75, 3.05) is 14.2 Å². The molecule has 1 amide bonds. The molecule has 0 aliphatic rings. The second-order valence-electron chi connectivity index (χ2n) is 5.50. The van der Waals surface area contributed by atoms with Crippen LogP contribution in [0, 0.1) is 0 Å². The highest BCUT2D eigenvalue weighted by Gasteiger charge is 2.19. The number of phenolic OH excluding ortho intramolecular Hbond substituents is 1. The van der Waals surface area contributed by atoms with Crippen LogP contribution in [0.25, 0.3) is 0 Å². The van der Waals surface area contributed by atoms with E-state index in [0.29, 0.717) is 18.7 Å². The summed E-state index contributed by atoms with van der Waals surface area (Å²) in [7, 11) is 3.20. The van der Waals surface area contributed by atoms with Crippen molar-refractivity contribution in [2.45, 2.75) is 19.0 Å². The maximum Gasteiger partial charge on any atom is 0.239 e. The number of carbonyl (C=O) groups is 1. The molecule has 0 aliphatic heterocycles. The molecule has 122 valence electrons. The first-order valence-electron chi connectivity index (χ1n) is 7.41. The Morgan fingerprint density at radius 2 is 1.91 bits per heavy atom. The van der Waals surface area contributed by atoms with Crippen LogP contribution in [0.1, 0.15) is 11.1 Å². The van der Waals surface area contributed by atoms with Crippen LogP contribution in [0.2, 0.25) is 0 Å². The molecule has 0 saturated heterocycles. The van der Waals surface area contributed by atoms with Gasteiger partial charge in [0.1, 0.15) is 0 Å². The van der Waals surface area contributed by atoms with E-state index in [1.165, 1.54) is 7.11 Å². The van der Waals surface area contributed by atoms with Gasteiger partial charge in [-0.2, -0.15) is 0 Å². The van der Waals surface area contributed by atoms with Gasteiger partial charge in [-0.05, 0) is 29.7 Å². The van der Waals surface area contributed by atoms with Crippen molar-refractivity contribution in [3.05, 3.63) is 59.7 Å². The first-order chi connectivity index (χ1) is 11.0. The second-order valence-corrected chi connectivity index (χ2v) is 5.50. The molecule has 0 fully saturated rings. The summed E-state index contributed by atoms with van der Waals surface area (Å²) in [6.45, 7) is 0.401. The monoisotopic (exact) mass is 314 g/mol. The number of aromatic hydroxyl groups is 1. The van der Waals surface area contributed by atoms with Crippen molar-refractivity contribution in [1.29, 1.82) is 0 Å². The molecule has 2 aromatic carbocycles. The van der Waals surface area contributed by atoms with E-state index in [1.807, 2.05) is 30.3 Å². The third-order valence-electron chi connectivity index (χ3n) is 3.66. The molecule has 1 atom stereocenters. The number of hydrogen-bond donors (Lipinski definition) is 2. The zero-order valence-electron chi connectivity index (χ0n) is 13.4. The largest absolute Gasteiger partial charge is 0.504 e. The molecule has 0 heterocycles. The van der Waals surface area contributed by atoms with Crippen molar-refractivity contribution in [1.82, 2.24) is 4.90 Å². The highest BCUT2D eigenvalue weighted by atomic mass is 16.5. The Hall–Kier alpha value is -2.53. The second kappa shape index (κ2) is 7.65. The summed E-state index contributed by atoms with van der Waals surface area (Å²) < 4.78 is 5.08. The Labute approximate surface area is 136 Å². The van der Waals surface area contributed by atoms with Crippen LogP contribution in [-0.4, -0.2) is 36.1 Å². The molecule has 5 nitrogen and oxygen atoms in total. The van der Waals surface area contributed by atoms with E-state index < -0.39 is 6.04 Å². The highest BCUT2D eigenvalue weighted by Crippen LogP contribution is 2.26. The predicted octanol–water partition coefficient (Wildman–Crippen LogP) is 1.93. The molecule has 0 bridgehead atoms. The quantitative estimate of drug-likeness (QED) is 0.854. The summed E-state index contributed by atoms with van der Waals surface area (Å²) in [5, 5.41) is 9.61. The first-order valence-corrected chi connectivity index (χ1v) is 7.41. The Morgan fingerprint density at radius 3 is 2.57 bits per heavy atom. The van der Waals surface area contributed by atoms with E-state index in [2.05, 4.69) is 0 Å². The van der Waals surface area contributed by atoms with E-state index in [9.17, 15) is 9.90 Å². The number of methoxy groups -OCH3 is 1. The summed E-state index contributed by atoms with van der Waals surface area (Å²) in [4.78, 5) is 14.0. The maximum absolute atomic E-state index is 12.4. The predicted molar refractivity (Wildman–Crippen MR) is 89.3 cm³/mol. The number of amides is 1. The van der Waals surface area contributed by atoms with Gasteiger partial charge in [0.25, 0.3) is 0 Å². The minimum Gasteiger partial charge on any atom is -0.504 e. The van der Waals surface area contributed by atoms with Crippen LogP contribution < -0.4 is 10.5 Å². The Morgan fingerprint density at radius 1 is 1.22 bits per heavy atom. The van der Waals surface area contributed by atoms with Crippen molar-refractivity contribution in [3.8, 4) is 11.5 Å². The molecule has 2 aromatic rings. The van der Waals surface area contributed by atoms with E-state index in [-0.39, 0.29) is 11.7 Å². The summed E-state index contributed by atoms with van der Waals surface area (Å²) in [6, 6.07) is 14.1. The van der Waals surface area contributed by atoms with Gasteiger partial charge in [-0.3, -0.25) is 4.79 Å². The normalized spacial score (nSPS) is 11.8. The fraction of sp³-hybridized carbons (Fsp3) is 0.278. The smallest absolute Gasteiger partial charge is 0.239 e. The number of nitrogens with two attached hydrogens (primary N) is 1. The average molecular weight is 314 g/mol. The summed E-state index contributed by atoms with van der Waals surface area (Å²) in [6.07, 6.45) is 0.503. The summed E-state index contributed by atoms with van der Waals surface area (Å²) in [5.74, 6) is 0.337. The SMILES string of the molecule is COc1cc(CN(C)C(=O)[C@@H](N)Cc2ccccc2)ccc1O. The zero-order chi connectivity index (χ0) is 16.8. The zero-order valence-corrected chi connectivity index (χ0v) is 13.4. The first kappa shape index (κ1) is 16.8. The molecule has 3 N–H and O–H groups in total. The number of carbonyl (C=O) groups excluding carboxylic acids is 1. The van der Waals surface area contributed by atoms with Gasteiger partial charge in [-0.1, -0.05) is 36.4 Å². The van der Waals surface area contributed by atoms with E-state index in [4.69, 9.17) is 10.5 Å². The van der Waals surface area contributed by atoms with Crippen LogP contribution in [0.3, 0.4) is 0 Å². The third-order valence-corrected chi connectivity index (χ3v) is 3.66. The Kier molecular flexibility index (Phi) is 5.60. The van der Waals surface area contributed by atoms with Gasteiger partial charge in [-0.25, -0.2) is 0 Å². The van der Waals surface area contributed by atoms with Gasteiger partial charge in [0.05, 0.1) is 13.2 Å². The molecule has 0 aromatic heterocycles. The number of hydrogen-bond acceptors (Lipinski definition) is 4. The van der Waals surface area contributed by atoms with E-state index in [0.717, 1.165) is 11.1 Å². The van der Waals surface area contributed by atoms with Crippen LogP contribution >= 0.6 is 0 Å². The van der Waals surface area contributed by atoms with E-state index in [1.54, 1.807) is 30.1 Å². The topological polar surface area (TPSA) is 75.8 Å². The van der Waals surface area contributed by atoms with E-state index >= 15 is 0 Å². The average Bonchev–Trinajstić information content (AvgIpc) is 2.56. The van der Waals surface area contributed by atoms with Gasteiger partial charge < -0.3 is 20.5 Å². The van der Waals surface area contributed by atoms with Gasteiger partial charge in [0.2, 0.25) is 5.91 Å².